The zero-order valence-corrected chi connectivity index (χ0v) is 11.8. The molecule has 0 saturated heterocycles. The van der Waals surface area contributed by atoms with E-state index in [9.17, 15) is 0 Å². The highest BCUT2D eigenvalue weighted by molar-refractivity contribution is 5.82. The molecular formula is C19H19N. The van der Waals surface area contributed by atoms with Crippen LogP contribution >= 0.6 is 0 Å². The molecule has 0 aliphatic rings. The van der Waals surface area contributed by atoms with Crippen molar-refractivity contribution < 1.29 is 0 Å². The van der Waals surface area contributed by atoms with Gasteiger partial charge in [0.25, 0.3) is 0 Å². The van der Waals surface area contributed by atoms with E-state index in [0.717, 1.165) is 13.1 Å². The van der Waals surface area contributed by atoms with Gasteiger partial charge in [-0.15, -0.1) is 0 Å². The summed E-state index contributed by atoms with van der Waals surface area (Å²) in [4.78, 5) is 0. The van der Waals surface area contributed by atoms with Crippen molar-refractivity contribution >= 4 is 10.8 Å². The summed E-state index contributed by atoms with van der Waals surface area (Å²) in [6.07, 6.45) is 0. The molecule has 100 valence electrons. The Morgan fingerprint density at radius 3 is 2.25 bits per heavy atom. The lowest BCUT2D eigenvalue weighted by molar-refractivity contribution is 0.693. The molecule has 0 aliphatic heterocycles. The van der Waals surface area contributed by atoms with Crippen LogP contribution < -0.4 is 5.32 Å². The normalized spacial score (nSPS) is 10.8. The van der Waals surface area contributed by atoms with Crippen LogP contribution in [0.15, 0.2) is 66.7 Å². The molecule has 0 bridgehead atoms. The predicted molar refractivity (Wildman–Crippen MR) is 85.7 cm³/mol. The van der Waals surface area contributed by atoms with Crippen molar-refractivity contribution in [2.75, 3.05) is 0 Å². The van der Waals surface area contributed by atoms with E-state index in [4.69, 9.17) is 0 Å². The standard InChI is InChI=1S/C19H19N/c1-15-5-4-6-16(11-15)13-20-14-17-9-10-18-7-2-3-8-19(18)12-17/h2-12,20H,13-14H2,1H3. The minimum atomic E-state index is 0.902. The van der Waals surface area contributed by atoms with Crippen molar-refractivity contribution in [3.8, 4) is 0 Å². The molecule has 0 aromatic heterocycles. The molecule has 0 atom stereocenters. The lowest BCUT2D eigenvalue weighted by Gasteiger charge is -2.07. The molecule has 0 amide bonds. The van der Waals surface area contributed by atoms with Crippen LogP contribution in [0, 0.1) is 6.92 Å². The monoisotopic (exact) mass is 261 g/mol. The molecule has 0 unspecified atom stereocenters. The fourth-order valence-electron chi connectivity index (χ4n) is 2.52. The highest BCUT2D eigenvalue weighted by atomic mass is 14.8. The van der Waals surface area contributed by atoms with E-state index in [1.54, 1.807) is 0 Å². The Morgan fingerprint density at radius 2 is 1.45 bits per heavy atom. The van der Waals surface area contributed by atoms with Gasteiger partial charge in [0.05, 0.1) is 0 Å². The van der Waals surface area contributed by atoms with Crippen LogP contribution in [0.3, 0.4) is 0 Å². The molecule has 0 radical (unpaired) electrons. The number of nitrogens with one attached hydrogen (secondary N) is 1. The molecule has 0 fully saturated rings. The van der Waals surface area contributed by atoms with Gasteiger partial charge in [0.1, 0.15) is 0 Å². The second-order valence-corrected chi connectivity index (χ2v) is 5.27. The summed E-state index contributed by atoms with van der Waals surface area (Å²) in [5.74, 6) is 0. The average molecular weight is 261 g/mol. The summed E-state index contributed by atoms with van der Waals surface area (Å²) in [5, 5.41) is 6.12. The quantitative estimate of drug-likeness (QED) is 0.732. The lowest BCUT2D eigenvalue weighted by atomic mass is 10.1. The number of hydrogen-bond donors (Lipinski definition) is 1. The van der Waals surface area contributed by atoms with E-state index >= 15 is 0 Å². The van der Waals surface area contributed by atoms with Gasteiger partial charge in [0.15, 0.2) is 0 Å². The highest BCUT2D eigenvalue weighted by Crippen LogP contribution is 2.15. The van der Waals surface area contributed by atoms with Crippen LogP contribution in [0.2, 0.25) is 0 Å². The molecule has 3 aromatic rings. The third-order valence-corrected chi connectivity index (χ3v) is 3.55. The van der Waals surface area contributed by atoms with Crippen LogP contribution in [0.4, 0.5) is 0 Å². The van der Waals surface area contributed by atoms with Gasteiger partial charge in [-0.05, 0) is 34.9 Å². The van der Waals surface area contributed by atoms with Crippen molar-refractivity contribution in [2.24, 2.45) is 0 Å². The second-order valence-electron chi connectivity index (χ2n) is 5.27. The Kier molecular flexibility index (Phi) is 3.80. The first-order valence-electron chi connectivity index (χ1n) is 7.05. The minimum absolute atomic E-state index is 0.902. The van der Waals surface area contributed by atoms with Crippen molar-refractivity contribution in [1.82, 2.24) is 5.32 Å². The zero-order chi connectivity index (χ0) is 13.8. The molecule has 0 saturated carbocycles. The van der Waals surface area contributed by atoms with E-state index in [1.165, 1.54) is 27.5 Å². The summed E-state index contributed by atoms with van der Waals surface area (Å²) in [7, 11) is 0. The third kappa shape index (κ3) is 3.06. The van der Waals surface area contributed by atoms with Crippen LogP contribution in [0.1, 0.15) is 16.7 Å². The zero-order valence-electron chi connectivity index (χ0n) is 11.8. The smallest absolute Gasteiger partial charge is 0.0208 e. The molecular weight excluding hydrogens is 242 g/mol. The van der Waals surface area contributed by atoms with Crippen LogP contribution in [0.25, 0.3) is 10.8 Å². The molecule has 0 spiro atoms. The van der Waals surface area contributed by atoms with Crippen LogP contribution in [0.5, 0.6) is 0 Å². The average Bonchev–Trinajstić information content (AvgIpc) is 2.47. The van der Waals surface area contributed by atoms with Crippen LogP contribution in [-0.2, 0) is 13.1 Å². The second kappa shape index (κ2) is 5.89. The fraction of sp³-hybridized carbons (Fsp3) is 0.158. The Morgan fingerprint density at radius 1 is 0.700 bits per heavy atom. The third-order valence-electron chi connectivity index (χ3n) is 3.55. The molecule has 0 heterocycles. The molecule has 1 nitrogen and oxygen atoms in total. The number of aryl methyl sites for hydroxylation is 1. The van der Waals surface area contributed by atoms with Gasteiger partial charge in [-0.2, -0.15) is 0 Å². The SMILES string of the molecule is Cc1cccc(CNCc2ccc3ccccc3c2)c1. The Balaban J connectivity index is 1.65. The van der Waals surface area contributed by atoms with Gasteiger partial charge < -0.3 is 5.32 Å². The maximum Gasteiger partial charge on any atom is 0.0208 e. The van der Waals surface area contributed by atoms with Crippen molar-refractivity contribution in [3.63, 3.8) is 0 Å². The van der Waals surface area contributed by atoms with E-state index < -0.39 is 0 Å². The Labute approximate surface area is 120 Å². The summed E-state index contributed by atoms with van der Waals surface area (Å²) >= 11 is 0. The first kappa shape index (κ1) is 12.9. The number of benzene rings is 3. The number of fused-ring (bicyclic) bond motifs is 1. The Hall–Kier alpha value is -2.12. The van der Waals surface area contributed by atoms with Gasteiger partial charge >= 0.3 is 0 Å². The summed E-state index contributed by atoms with van der Waals surface area (Å²) in [5.41, 5.74) is 3.98. The molecule has 1 heteroatoms. The van der Waals surface area contributed by atoms with Crippen LogP contribution in [-0.4, -0.2) is 0 Å². The van der Waals surface area contributed by atoms with E-state index in [2.05, 4.69) is 79.0 Å². The molecule has 1 N–H and O–H groups in total. The first-order chi connectivity index (χ1) is 9.81. The molecule has 0 aliphatic carbocycles. The van der Waals surface area contributed by atoms with E-state index in [-0.39, 0.29) is 0 Å². The number of rotatable bonds is 4. The van der Waals surface area contributed by atoms with Gasteiger partial charge in [0, 0.05) is 13.1 Å². The predicted octanol–water partition coefficient (Wildman–Crippen LogP) is 4.44. The summed E-state index contributed by atoms with van der Waals surface area (Å²) in [6, 6.07) is 23.8. The molecule has 3 rings (SSSR count). The van der Waals surface area contributed by atoms with E-state index in [1.807, 2.05) is 0 Å². The lowest BCUT2D eigenvalue weighted by Crippen LogP contribution is -2.12. The van der Waals surface area contributed by atoms with Gasteiger partial charge in [-0.1, -0.05) is 66.2 Å². The van der Waals surface area contributed by atoms with Gasteiger partial charge in [-0.25, -0.2) is 0 Å². The summed E-state index contributed by atoms with van der Waals surface area (Å²) in [6.45, 7) is 3.94. The van der Waals surface area contributed by atoms with Gasteiger partial charge in [0.2, 0.25) is 0 Å². The maximum absolute atomic E-state index is 3.51. The van der Waals surface area contributed by atoms with Crippen molar-refractivity contribution in [1.29, 1.82) is 0 Å². The molecule has 20 heavy (non-hydrogen) atoms. The first-order valence-corrected chi connectivity index (χ1v) is 7.05. The minimum Gasteiger partial charge on any atom is -0.309 e. The van der Waals surface area contributed by atoms with E-state index in [0.29, 0.717) is 0 Å². The fourth-order valence-corrected chi connectivity index (χ4v) is 2.52. The number of hydrogen-bond acceptors (Lipinski definition) is 1. The largest absolute Gasteiger partial charge is 0.309 e. The highest BCUT2D eigenvalue weighted by Gasteiger charge is 1.97. The topological polar surface area (TPSA) is 12.0 Å². The maximum atomic E-state index is 3.51. The molecule has 3 aromatic carbocycles. The summed E-state index contributed by atoms with van der Waals surface area (Å²) < 4.78 is 0. The van der Waals surface area contributed by atoms with Gasteiger partial charge in [-0.3, -0.25) is 0 Å². The van der Waals surface area contributed by atoms with Crippen molar-refractivity contribution in [2.45, 2.75) is 20.0 Å². The van der Waals surface area contributed by atoms with Crippen molar-refractivity contribution in [3.05, 3.63) is 83.4 Å². The Bertz CT molecular complexity index is 716.